The number of ether oxygens (including phenoxy) is 1. The van der Waals surface area contributed by atoms with Crippen LogP contribution in [-0.4, -0.2) is 23.2 Å². The zero-order valence-corrected chi connectivity index (χ0v) is 9.65. The zero-order chi connectivity index (χ0) is 8.97. The van der Waals surface area contributed by atoms with Crippen molar-refractivity contribution in [3.63, 3.8) is 0 Å². The normalized spacial score (nSPS) is 9.00. The van der Waals surface area contributed by atoms with E-state index in [9.17, 15) is 4.79 Å². The molecular formula is C8H10NNaO3. The van der Waals surface area contributed by atoms with Crippen molar-refractivity contribution in [2.24, 2.45) is 0 Å². The van der Waals surface area contributed by atoms with Gasteiger partial charge < -0.3 is 11.3 Å². The third-order valence-electron chi connectivity index (χ3n) is 1.36. The molecule has 0 aliphatic rings. The molecule has 5 heteroatoms. The molecule has 13 heavy (non-hydrogen) atoms. The van der Waals surface area contributed by atoms with E-state index in [2.05, 4.69) is 4.98 Å². The van der Waals surface area contributed by atoms with E-state index < -0.39 is 5.97 Å². The Morgan fingerprint density at radius 2 is 2.38 bits per heavy atom. The number of aromatic nitrogens is 1. The molecule has 0 atom stereocenters. The summed E-state index contributed by atoms with van der Waals surface area (Å²) in [6.07, 6.45) is 1.32. The maximum atomic E-state index is 10.4. The summed E-state index contributed by atoms with van der Waals surface area (Å²) < 4.78 is 4.82. The fourth-order valence-electron chi connectivity index (χ4n) is 0.784. The van der Waals surface area contributed by atoms with E-state index in [0.29, 0.717) is 6.61 Å². The first kappa shape index (κ1) is 12.6. The summed E-state index contributed by atoms with van der Waals surface area (Å²) in [4.78, 5) is 14.3. The predicted octanol–water partition coefficient (Wildman–Crippen LogP) is -1.96. The molecule has 1 N–H and O–H groups in total. The number of carboxylic acid groups (broad SMARTS) is 1. The Morgan fingerprint density at radius 1 is 1.69 bits per heavy atom. The van der Waals surface area contributed by atoms with Crippen LogP contribution in [-0.2, 0) is 11.3 Å². The van der Waals surface area contributed by atoms with Crippen molar-refractivity contribution in [3.8, 4) is 0 Å². The summed E-state index contributed by atoms with van der Waals surface area (Å²) in [6, 6.07) is 3.14. The van der Waals surface area contributed by atoms with Crippen LogP contribution in [0.5, 0.6) is 0 Å². The topological polar surface area (TPSA) is 59.4 Å². The van der Waals surface area contributed by atoms with Gasteiger partial charge in [-0.05, 0) is 12.1 Å². The van der Waals surface area contributed by atoms with Gasteiger partial charge in [0, 0.05) is 13.3 Å². The molecule has 66 valence electrons. The van der Waals surface area contributed by atoms with Crippen LogP contribution in [0.4, 0.5) is 0 Å². The molecule has 0 amide bonds. The Balaban J connectivity index is 0. The summed E-state index contributed by atoms with van der Waals surface area (Å²) in [5.74, 6) is -0.966. The summed E-state index contributed by atoms with van der Waals surface area (Å²) >= 11 is 0. The second-order valence-electron chi connectivity index (χ2n) is 2.28. The third kappa shape index (κ3) is 3.87. The predicted molar refractivity (Wildman–Crippen MR) is 43.0 cm³/mol. The molecule has 0 unspecified atom stereocenters. The largest absolute Gasteiger partial charge is 1.00 e. The summed E-state index contributed by atoms with van der Waals surface area (Å²) in [5, 5.41) is 8.53. The van der Waals surface area contributed by atoms with Crippen molar-refractivity contribution in [2.45, 2.75) is 6.61 Å². The van der Waals surface area contributed by atoms with Gasteiger partial charge in [0.2, 0.25) is 0 Å². The summed E-state index contributed by atoms with van der Waals surface area (Å²) in [6.45, 7) is 0.403. The van der Waals surface area contributed by atoms with Crippen LogP contribution in [0.15, 0.2) is 18.3 Å². The first-order valence-corrected chi connectivity index (χ1v) is 3.41. The molecule has 0 saturated heterocycles. The van der Waals surface area contributed by atoms with Gasteiger partial charge in [-0.25, -0.2) is 4.79 Å². The molecule has 0 aliphatic heterocycles. The molecule has 0 radical (unpaired) electrons. The van der Waals surface area contributed by atoms with Gasteiger partial charge in [0.15, 0.2) is 0 Å². The first-order valence-electron chi connectivity index (χ1n) is 3.41. The van der Waals surface area contributed by atoms with Gasteiger partial charge >= 0.3 is 35.5 Å². The Morgan fingerprint density at radius 3 is 2.77 bits per heavy atom. The monoisotopic (exact) mass is 191 g/mol. The zero-order valence-electron chi connectivity index (χ0n) is 8.65. The molecule has 0 saturated carbocycles. The standard InChI is InChI=1S/C8H9NO3.Na.H/c1-12-5-7-3-2-6(4-9-7)8(10)11;;/h2-4H,5H2,1H3,(H,10,11);;/q;+1;-1. The Labute approximate surface area is 99.7 Å². The van der Waals surface area contributed by atoms with Gasteiger partial charge in [-0.15, -0.1) is 0 Å². The van der Waals surface area contributed by atoms with Crippen LogP contribution < -0.4 is 29.6 Å². The van der Waals surface area contributed by atoms with Gasteiger partial charge in [0.1, 0.15) is 0 Å². The van der Waals surface area contributed by atoms with Crippen molar-refractivity contribution >= 4 is 5.97 Å². The van der Waals surface area contributed by atoms with Gasteiger partial charge in [-0.1, -0.05) is 0 Å². The summed E-state index contributed by atoms with van der Waals surface area (Å²) in [7, 11) is 1.56. The molecule has 1 aromatic heterocycles. The smallest absolute Gasteiger partial charge is 1.00 e. The maximum Gasteiger partial charge on any atom is 1.00 e. The number of nitrogens with zero attached hydrogens (tertiary/aromatic N) is 1. The Bertz CT molecular complexity index is 278. The fourth-order valence-corrected chi connectivity index (χ4v) is 0.784. The van der Waals surface area contributed by atoms with Crippen LogP contribution in [0.25, 0.3) is 0 Å². The van der Waals surface area contributed by atoms with E-state index in [-0.39, 0.29) is 36.5 Å². The van der Waals surface area contributed by atoms with Gasteiger partial charge in [0.05, 0.1) is 17.9 Å². The quantitative estimate of drug-likeness (QED) is 0.564. The molecule has 1 rings (SSSR count). The number of rotatable bonds is 3. The molecule has 0 spiro atoms. The van der Waals surface area contributed by atoms with E-state index in [4.69, 9.17) is 9.84 Å². The second-order valence-corrected chi connectivity index (χ2v) is 2.28. The SMILES string of the molecule is COCc1ccc(C(=O)O)cn1.[H-].[Na+]. The van der Waals surface area contributed by atoms with Crippen molar-refractivity contribution in [3.05, 3.63) is 29.6 Å². The van der Waals surface area contributed by atoms with E-state index in [1.807, 2.05) is 0 Å². The van der Waals surface area contributed by atoms with E-state index in [1.165, 1.54) is 12.3 Å². The van der Waals surface area contributed by atoms with Gasteiger partial charge in [-0.2, -0.15) is 0 Å². The van der Waals surface area contributed by atoms with E-state index in [0.717, 1.165) is 5.69 Å². The van der Waals surface area contributed by atoms with Crippen LogP contribution in [0.2, 0.25) is 0 Å². The number of hydrogen-bond acceptors (Lipinski definition) is 3. The fraction of sp³-hybridized carbons (Fsp3) is 0.250. The molecule has 4 nitrogen and oxygen atoms in total. The van der Waals surface area contributed by atoms with Crippen LogP contribution in [0, 0.1) is 0 Å². The maximum absolute atomic E-state index is 10.4. The number of carbonyl (C=O) groups is 1. The number of hydrogen-bond donors (Lipinski definition) is 1. The minimum atomic E-state index is -0.966. The second kappa shape index (κ2) is 6.10. The van der Waals surface area contributed by atoms with Crippen molar-refractivity contribution < 1.29 is 45.6 Å². The minimum absolute atomic E-state index is 0. The molecule has 0 fully saturated rings. The van der Waals surface area contributed by atoms with Gasteiger partial charge in [-0.3, -0.25) is 4.98 Å². The number of carboxylic acids is 1. The van der Waals surface area contributed by atoms with Crippen molar-refractivity contribution in [1.82, 2.24) is 4.98 Å². The van der Waals surface area contributed by atoms with Crippen LogP contribution >= 0.6 is 0 Å². The molecular weight excluding hydrogens is 181 g/mol. The molecule has 0 aromatic carbocycles. The third-order valence-corrected chi connectivity index (χ3v) is 1.36. The Kier molecular flexibility index (Phi) is 5.90. The molecule has 0 bridgehead atoms. The molecule has 0 aliphatic carbocycles. The Hall–Kier alpha value is -0.420. The number of aromatic carboxylic acids is 1. The average Bonchev–Trinajstić information content (AvgIpc) is 2.06. The molecule has 1 heterocycles. The van der Waals surface area contributed by atoms with E-state index in [1.54, 1.807) is 13.2 Å². The van der Waals surface area contributed by atoms with Crippen molar-refractivity contribution in [1.29, 1.82) is 0 Å². The average molecular weight is 191 g/mol. The van der Waals surface area contributed by atoms with Crippen LogP contribution in [0.3, 0.4) is 0 Å². The minimum Gasteiger partial charge on any atom is -1.00 e. The van der Waals surface area contributed by atoms with E-state index >= 15 is 0 Å². The summed E-state index contributed by atoms with van der Waals surface area (Å²) in [5.41, 5.74) is 0.914. The van der Waals surface area contributed by atoms with Gasteiger partial charge in [0.25, 0.3) is 0 Å². The number of pyridine rings is 1. The van der Waals surface area contributed by atoms with Crippen LogP contribution in [0.1, 0.15) is 17.5 Å². The van der Waals surface area contributed by atoms with Crippen molar-refractivity contribution in [2.75, 3.05) is 7.11 Å². The molecule has 1 aromatic rings. The first-order chi connectivity index (χ1) is 5.74. The number of methoxy groups -OCH3 is 1.